The molecule has 1 rings (SSSR count). The lowest BCUT2D eigenvalue weighted by molar-refractivity contribution is -0.126. The van der Waals surface area contributed by atoms with E-state index in [9.17, 15) is 4.79 Å². The Hall–Kier alpha value is -1.26. The molecule has 1 heterocycles. The van der Waals surface area contributed by atoms with E-state index in [1.807, 2.05) is 20.8 Å². The van der Waals surface area contributed by atoms with Gasteiger partial charge >= 0.3 is 12.1 Å². The highest BCUT2D eigenvalue weighted by molar-refractivity contribution is 7.80. The second kappa shape index (κ2) is 4.08. The Balaban J connectivity index is 2.96. The molecule has 0 N–H and O–H groups in total. The summed E-state index contributed by atoms with van der Waals surface area (Å²) in [6.07, 6.45) is 0.819. The van der Waals surface area contributed by atoms with Crippen molar-refractivity contribution in [2.45, 2.75) is 26.8 Å². The lowest BCUT2D eigenvalue weighted by atomic mass is 9.87. The minimum absolute atomic E-state index is 0.129. The molecule has 0 spiro atoms. The number of nitrogens with zero attached hydrogens (tertiary/aromatic N) is 3. The van der Waals surface area contributed by atoms with Gasteiger partial charge in [0.15, 0.2) is 0 Å². The minimum Gasteiger partial charge on any atom is -0.468 e. The van der Waals surface area contributed by atoms with Crippen LogP contribution in [0.4, 0.5) is 0 Å². The second-order valence-corrected chi connectivity index (χ2v) is 4.76. The zero-order valence-corrected chi connectivity index (χ0v) is 9.74. The van der Waals surface area contributed by atoms with E-state index in [1.165, 1.54) is 4.90 Å². The topological polar surface area (TPSA) is 65.9 Å². The Morgan fingerprint density at radius 1 is 1.73 bits per heavy atom. The lowest BCUT2D eigenvalue weighted by Gasteiger charge is -2.30. The molecule has 0 unspecified atom stereocenters. The molecule has 0 aromatic rings. The van der Waals surface area contributed by atoms with Crippen molar-refractivity contribution in [1.29, 1.82) is 0 Å². The van der Waals surface area contributed by atoms with Crippen LogP contribution in [-0.4, -0.2) is 39.6 Å². The van der Waals surface area contributed by atoms with Gasteiger partial charge in [-0.15, -0.1) is 0 Å². The molecule has 1 atom stereocenters. The number of amides is 1. The van der Waals surface area contributed by atoms with Gasteiger partial charge in [0.1, 0.15) is 6.61 Å². The predicted molar refractivity (Wildman–Crippen MR) is 58.3 cm³/mol. The van der Waals surface area contributed by atoms with Crippen molar-refractivity contribution >= 4 is 29.5 Å². The molecule has 0 bridgehead atoms. The lowest BCUT2D eigenvalue weighted by Crippen LogP contribution is -2.46. The quantitative estimate of drug-likeness (QED) is 0.288. The van der Waals surface area contributed by atoms with E-state index in [2.05, 4.69) is 4.79 Å². The Bertz CT molecular complexity index is 342. The predicted octanol–water partition coefficient (Wildman–Crippen LogP) is 0.845. The Labute approximate surface area is 93.6 Å². The number of carbonyl (C=O) groups excluding carboxylic acids is 1. The summed E-state index contributed by atoms with van der Waals surface area (Å²) in [5.41, 5.74) is 8.17. The van der Waals surface area contributed by atoms with E-state index in [4.69, 9.17) is 22.5 Å². The van der Waals surface area contributed by atoms with Gasteiger partial charge in [-0.3, -0.25) is 9.69 Å². The van der Waals surface area contributed by atoms with Crippen molar-refractivity contribution in [3.63, 3.8) is 0 Å². The molecule has 1 amide bonds. The Morgan fingerprint density at radius 3 is 2.80 bits per heavy atom. The normalized spacial score (nSPS) is 20.9. The number of thiocarbonyl (C=S) groups is 1. The monoisotopic (exact) mass is 227 g/mol. The van der Waals surface area contributed by atoms with Gasteiger partial charge in [-0.05, 0) is 17.6 Å². The summed E-state index contributed by atoms with van der Waals surface area (Å²) < 4.78 is 5.17. The first kappa shape index (κ1) is 11.8. The van der Waals surface area contributed by atoms with Crippen LogP contribution in [0, 0.1) is 5.41 Å². The van der Waals surface area contributed by atoms with Crippen LogP contribution in [0.25, 0.3) is 5.53 Å². The standard InChI is InChI=1S/C9H13N3O2S/c1-9(2,3)6-5-14-8(15)12(6)7(13)4-11-10/h4,6H,5H2,1-3H3/t6-/m1/s1. The van der Waals surface area contributed by atoms with Crippen molar-refractivity contribution in [3.05, 3.63) is 5.53 Å². The molecule has 0 radical (unpaired) electrons. The third-order valence-electron chi connectivity index (χ3n) is 2.28. The van der Waals surface area contributed by atoms with Crippen LogP contribution in [0.15, 0.2) is 0 Å². The molecule has 1 saturated heterocycles. The van der Waals surface area contributed by atoms with Crippen molar-refractivity contribution in [3.8, 4) is 0 Å². The van der Waals surface area contributed by atoms with Crippen molar-refractivity contribution in [1.82, 2.24) is 4.90 Å². The average molecular weight is 227 g/mol. The van der Waals surface area contributed by atoms with Gasteiger partial charge in [-0.2, -0.15) is 4.79 Å². The van der Waals surface area contributed by atoms with E-state index in [0.29, 0.717) is 6.61 Å². The van der Waals surface area contributed by atoms with Crippen molar-refractivity contribution in [2.75, 3.05) is 6.61 Å². The van der Waals surface area contributed by atoms with Gasteiger partial charge < -0.3 is 10.3 Å². The molecule has 6 heteroatoms. The first-order chi connectivity index (χ1) is 6.88. The van der Waals surface area contributed by atoms with Crippen LogP contribution in [0.1, 0.15) is 20.8 Å². The van der Waals surface area contributed by atoms with Crippen LogP contribution in [0.5, 0.6) is 0 Å². The van der Waals surface area contributed by atoms with Crippen LogP contribution >= 0.6 is 12.2 Å². The van der Waals surface area contributed by atoms with Crippen LogP contribution in [-0.2, 0) is 9.53 Å². The van der Waals surface area contributed by atoms with E-state index < -0.39 is 5.91 Å². The molecule has 0 aromatic heterocycles. The highest BCUT2D eigenvalue weighted by Gasteiger charge is 2.42. The number of hydrogen-bond donors (Lipinski definition) is 0. The summed E-state index contributed by atoms with van der Waals surface area (Å²) in [4.78, 5) is 15.6. The fourth-order valence-electron chi connectivity index (χ4n) is 1.41. The first-order valence-electron chi connectivity index (χ1n) is 4.55. The van der Waals surface area contributed by atoms with Crippen LogP contribution in [0.3, 0.4) is 0 Å². The molecule has 0 saturated carbocycles. The molecule has 1 fully saturated rings. The molecule has 1 aliphatic rings. The molecule has 82 valence electrons. The number of rotatable bonds is 1. The van der Waals surface area contributed by atoms with Crippen LogP contribution < -0.4 is 0 Å². The van der Waals surface area contributed by atoms with Gasteiger partial charge in [-0.1, -0.05) is 20.8 Å². The van der Waals surface area contributed by atoms with Crippen molar-refractivity contribution < 1.29 is 14.3 Å². The maximum atomic E-state index is 11.6. The fraction of sp³-hybridized carbons (Fsp3) is 0.667. The average Bonchev–Trinajstić information content (AvgIpc) is 2.46. The third kappa shape index (κ3) is 2.40. The van der Waals surface area contributed by atoms with Gasteiger partial charge in [0.2, 0.25) is 0 Å². The van der Waals surface area contributed by atoms with E-state index in [-0.39, 0.29) is 16.6 Å². The Kier molecular flexibility index (Phi) is 3.21. The minimum atomic E-state index is -0.458. The van der Waals surface area contributed by atoms with Gasteiger partial charge in [-0.25, -0.2) is 0 Å². The molecular weight excluding hydrogens is 214 g/mol. The van der Waals surface area contributed by atoms with Gasteiger partial charge in [0.05, 0.1) is 6.04 Å². The van der Waals surface area contributed by atoms with Crippen LogP contribution in [0.2, 0.25) is 0 Å². The van der Waals surface area contributed by atoms with E-state index in [1.54, 1.807) is 0 Å². The van der Waals surface area contributed by atoms with E-state index >= 15 is 0 Å². The smallest absolute Gasteiger partial charge is 0.345 e. The third-order valence-corrected chi connectivity index (χ3v) is 2.59. The molecule has 0 aliphatic carbocycles. The summed E-state index contributed by atoms with van der Waals surface area (Å²) in [6.45, 7) is 6.36. The SMILES string of the molecule is CC(C)(C)[C@H]1COC(=S)N1C(=O)C=[N+]=[N-]. The zero-order chi connectivity index (χ0) is 11.6. The fourth-order valence-corrected chi connectivity index (χ4v) is 1.70. The largest absolute Gasteiger partial charge is 0.468 e. The molecular formula is C9H13N3O2S. The summed E-state index contributed by atoms with van der Waals surface area (Å²) >= 11 is 4.92. The summed E-state index contributed by atoms with van der Waals surface area (Å²) in [5, 5.41) is 0.139. The van der Waals surface area contributed by atoms with Gasteiger partial charge in [0, 0.05) is 0 Å². The Morgan fingerprint density at radius 2 is 2.33 bits per heavy atom. The molecule has 0 aromatic carbocycles. The number of ether oxygens (including phenoxy) is 1. The highest BCUT2D eigenvalue weighted by Crippen LogP contribution is 2.29. The highest BCUT2D eigenvalue weighted by atomic mass is 32.1. The number of carbonyl (C=O) groups is 1. The summed E-state index contributed by atoms with van der Waals surface area (Å²) in [5.74, 6) is -0.458. The zero-order valence-electron chi connectivity index (χ0n) is 8.93. The molecule has 5 nitrogen and oxygen atoms in total. The molecule has 1 aliphatic heterocycles. The summed E-state index contributed by atoms with van der Waals surface area (Å²) in [7, 11) is 0. The first-order valence-corrected chi connectivity index (χ1v) is 4.96. The van der Waals surface area contributed by atoms with Gasteiger partial charge in [0.25, 0.3) is 5.17 Å². The van der Waals surface area contributed by atoms with E-state index in [0.717, 1.165) is 6.21 Å². The number of hydrogen-bond acceptors (Lipinski definition) is 3. The molecule has 15 heavy (non-hydrogen) atoms. The maximum Gasteiger partial charge on any atom is 0.345 e. The second-order valence-electron chi connectivity index (χ2n) is 4.41. The summed E-state index contributed by atoms with van der Waals surface area (Å²) in [6, 6.07) is -0.129. The maximum absolute atomic E-state index is 11.6. The van der Waals surface area contributed by atoms with Crippen molar-refractivity contribution in [2.24, 2.45) is 5.41 Å².